The van der Waals surface area contributed by atoms with Crippen molar-refractivity contribution in [2.24, 2.45) is 0 Å². The van der Waals surface area contributed by atoms with Crippen molar-refractivity contribution < 1.29 is 13.7 Å². The molecule has 1 N–H and O–H groups in total. The van der Waals surface area contributed by atoms with Gasteiger partial charge in [0.25, 0.3) is 5.91 Å². The third-order valence-electron chi connectivity index (χ3n) is 6.08. The van der Waals surface area contributed by atoms with E-state index in [0.717, 1.165) is 32.6 Å². The summed E-state index contributed by atoms with van der Waals surface area (Å²) in [6.07, 6.45) is 0.791. The van der Waals surface area contributed by atoms with Crippen molar-refractivity contribution in [1.29, 1.82) is 0 Å². The Labute approximate surface area is 198 Å². The van der Waals surface area contributed by atoms with Gasteiger partial charge in [0.2, 0.25) is 0 Å². The fourth-order valence-electron chi connectivity index (χ4n) is 4.32. The Morgan fingerprint density at radius 2 is 2.00 bits per heavy atom. The molecule has 1 fully saturated rings. The molecule has 1 unspecified atom stereocenters. The van der Waals surface area contributed by atoms with Gasteiger partial charge in [-0.3, -0.25) is 9.69 Å². The number of nitrogens with one attached hydrogen (secondary N) is 1. The van der Waals surface area contributed by atoms with Gasteiger partial charge in [-0.1, -0.05) is 53.2 Å². The lowest BCUT2D eigenvalue weighted by molar-refractivity contribution is 0.0865. The van der Waals surface area contributed by atoms with Crippen molar-refractivity contribution in [1.82, 2.24) is 20.3 Å². The predicted octanol–water partition coefficient (Wildman–Crippen LogP) is 4.55. The van der Waals surface area contributed by atoms with E-state index >= 15 is 0 Å². The molecule has 1 atom stereocenters. The first-order chi connectivity index (χ1) is 16.0. The van der Waals surface area contributed by atoms with Crippen LogP contribution in [0.3, 0.4) is 0 Å². The number of rotatable bonds is 7. The summed E-state index contributed by atoms with van der Waals surface area (Å²) in [7, 11) is 2.15. The minimum atomic E-state index is -0.549. The van der Waals surface area contributed by atoms with Gasteiger partial charge in [0.15, 0.2) is 0 Å². The molecule has 1 aromatic heterocycles. The summed E-state index contributed by atoms with van der Waals surface area (Å²) < 4.78 is 19.6. The second kappa shape index (κ2) is 10.5. The number of hydrogen-bond donors (Lipinski definition) is 1. The summed E-state index contributed by atoms with van der Waals surface area (Å²) in [5.74, 6) is -0.571. The van der Waals surface area contributed by atoms with E-state index < -0.39 is 5.82 Å². The molecule has 8 heteroatoms. The highest BCUT2D eigenvalue weighted by molar-refractivity contribution is 6.33. The average Bonchev–Trinajstić information content (AvgIpc) is 3.18. The van der Waals surface area contributed by atoms with Gasteiger partial charge >= 0.3 is 0 Å². The maximum Gasteiger partial charge on any atom is 0.257 e. The minimum Gasteiger partial charge on any atom is -0.360 e. The number of hydrogen-bond acceptors (Lipinski definition) is 5. The van der Waals surface area contributed by atoms with Gasteiger partial charge in [-0.15, -0.1) is 0 Å². The van der Waals surface area contributed by atoms with Gasteiger partial charge in [0, 0.05) is 38.8 Å². The smallest absolute Gasteiger partial charge is 0.257 e. The van der Waals surface area contributed by atoms with Crippen molar-refractivity contribution >= 4 is 17.5 Å². The van der Waals surface area contributed by atoms with Crippen molar-refractivity contribution in [3.05, 3.63) is 76.3 Å². The molecule has 3 aromatic rings. The first kappa shape index (κ1) is 23.4. The predicted molar refractivity (Wildman–Crippen MR) is 127 cm³/mol. The summed E-state index contributed by atoms with van der Waals surface area (Å²) in [5, 5.41) is 7.02. The highest BCUT2D eigenvalue weighted by Gasteiger charge is 2.27. The van der Waals surface area contributed by atoms with Crippen molar-refractivity contribution in [2.75, 3.05) is 39.8 Å². The Morgan fingerprint density at radius 3 is 2.76 bits per heavy atom. The number of carbonyl (C=O) groups excluding carboxylic acids is 1. The molecule has 0 saturated carbocycles. The van der Waals surface area contributed by atoms with Gasteiger partial charge in [0.1, 0.15) is 22.8 Å². The molecule has 1 aliphatic rings. The van der Waals surface area contributed by atoms with Crippen LogP contribution >= 0.6 is 11.6 Å². The van der Waals surface area contributed by atoms with E-state index in [1.54, 1.807) is 13.0 Å². The van der Waals surface area contributed by atoms with E-state index in [0.29, 0.717) is 18.3 Å². The van der Waals surface area contributed by atoms with Crippen LogP contribution in [-0.4, -0.2) is 60.6 Å². The summed E-state index contributed by atoms with van der Waals surface area (Å²) in [5.41, 5.74) is 1.71. The number of halogens is 2. The molecule has 4 rings (SSSR count). The summed E-state index contributed by atoms with van der Waals surface area (Å²) in [6.45, 7) is 5.95. The van der Waals surface area contributed by atoms with Crippen LogP contribution in [0.25, 0.3) is 11.3 Å². The topological polar surface area (TPSA) is 61.6 Å². The van der Waals surface area contributed by atoms with E-state index in [1.807, 2.05) is 6.07 Å². The Morgan fingerprint density at radius 1 is 1.21 bits per heavy atom. The quantitative estimate of drug-likeness (QED) is 0.513. The Balaban J connectivity index is 1.39. The number of piperazine rings is 1. The van der Waals surface area contributed by atoms with Crippen molar-refractivity contribution in [2.45, 2.75) is 19.4 Å². The first-order valence-corrected chi connectivity index (χ1v) is 11.5. The fraction of sp³-hybridized carbons (Fsp3) is 0.360. The second-order valence-corrected chi connectivity index (χ2v) is 8.80. The van der Waals surface area contributed by atoms with Gasteiger partial charge in [-0.05, 0) is 38.1 Å². The number of likely N-dealkylation sites (N-methyl/N-ethyl adjacent to an activating group) is 1. The lowest BCUT2D eigenvalue weighted by Crippen LogP contribution is -2.47. The molecule has 2 heterocycles. The maximum absolute atomic E-state index is 14.4. The largest absolute Gasteiger partial charge is 0.360 e. The van der Waals surface area contributed by atoms with Gasteiger partial charge in [0.05, 0.1) is 10.6 Å². The molecule has 174 valence electrons. The number of benzene rings is 2. The molecular formula is C25H28ClFN4O2. The average molecular weight is 471 g/mol. The first-order valence-electron chi connectivity index (χ1n) is 11.1. The maximum atomic E-state index is 14.4. The molecule has 1 amide bonds. The standard InChI is InChI=1S/C25H28ClFN4O2/c1-17-22(24(29-33-17)23-19(26)10-6-11-20(23)27)25(32)28-12-7-13-31-15-14-30(2)16-21(31)18-8-4-3-5-9-18/h3-6,8-11,21H,7,12-16H2,1-2H3,(H,28,32). The van der Waals surface area contributed by atoms with Crippen LogP contribution in [0.1, 0.15) is 34.1 Å². The molecule has 0 aliphatic carbocycles. The van der Waals surface area contributed by atoms with E-state index in [1.165, 1.54) is 17.7 Å². The van der Waals surface area contributed by atoms with Crippen molar-refractivity contribution in [3.63, 3.8) is 0 Å². The third-order valence-corrected chi connectivity index (χ3v) is 6.39. The van der Waals surface area contributed by atoms with Crippen LogP contribution in [-0.2, 0) is 0 Å². The summed E-state index contributed by atoms with van der Waals surface area (Å²) >= 11 is 6.17. The third kappa shape index (κ3) is 5.27. The van der Waals surface area contributed by atoms with Crippen LogP contribution in [0.4, 0.5) is 4.39 Å². The zero-order valence-corrected chi connectivity index (χ0v) is 19.6. The highest BCUT2D eigenvalue weighted by atomic mass is 35.5. The molecular weight excluding hydrogens is 443 g/mol. The molecule has 1 aliphatic heterocycles. The molecule has 0 bridgehead atoms. The van der Waals surface area contributed by atoms with Crippen LogP contribution in [0.2, 0.25) is 5.02 Å². The summed E-state index contributed by atoms with van der Waals surface area (Å²) in [4.78, 5) is 17.7. The normalized spacial score (nSPS) is 17.3. The molecule has 1 saturated heterocycles. The van der Waals surface area contributed by atoms with Crippen LogP contribution in [0.15, 0.2) is 53.1 Å². The second-order valence-electron chi connectivity index (χ2n) is 8.39. The SMILES string of the molecule is Cc1onc(-c2c(F)cccc2Cl)c1C(=O)NCCCN1CCN(C)CC1c1ccccc1. The number of amides is 1. The number of aryl methyl sites for hydroxylation is 1. The lowest BCUT2D eigenvalue weighted by atomic mass is 10.0. The summed E-state index contributed by atoms with van der Waals surface area (Å²) in [6, 6.07) is 15.2. The zero-order valence-electron chi connectivity index (χ0n) is 18.9. The monoisotopic (exact) mass is 470 g/mol. The lowest BCUT2D eigenvalue weighted by Gasteiger charge is -2.40. The Bertz CT molecular complexity index is 1080. The Hall–Kier alpha value is -2.74. The van der Waals surface area contributed by atoms with Crippen LogP contribution in [0, 0.1) is 12.7 Å². The molecule has 33 heavy (non-hydrogen) atoms. The van der Waals surface area contributed by atoms with E-state index in [2.05, 4.69) is 51.6 Å². The molecule has 2 aromatic carbocycles. The minimum absolute atomic E-state index is 0.0734. The number of aromatic nitrogens is 1. The van der Waals surface area contributed by atoms with Crippen LogP contribution in [0.5, 0.6) is 0 Å². The van der Waals surface area contributed by atoms with E-state index in [4.69, 9.17) is 16.1 Å². The van der Waals surface area contributed by atoms with Crippen LogP contribution < -0.4 is 5.32 Å². The van der Waals surface area contributed by atoms with E-state index in [-0.39, 0.29) is 27.8 Å². The number of carbonyl (C=O) groups is 1. The van der Waals surface area contributed by atoms with E-state index in [9.17, 15) is 9.18 Å². The molecule has 0 radical (unpaired) electrons. The van der Waals surface area contributed by atoms with Gasteiger partial charge in [-0.25, -0.2) is 4.39 Å². The zero-order chi connectivity index (χ0) is 23.4. The molecule has 6 nitrogen and oxygen atoms in total. The highest BCUT2D eigenvalue weighted by Crippen LogP contribution is 2.33. The molecule has 0 spiro atoms. The van der Waals surface area contributed by atoms with Gasteiger partial charge in [-0.2, -0.15) is 0 Å². The fourth-order valence-corrected chi connectivity index (χ4v) is 4.58. The number of nitrogens with zero attached hydrogens (tertiary/aromatic N) is 3. The van der Waals surface area contributed by atoms with Crippen molar-refractivity contribution in [3.8, 4) is 11.3 Å². The Kier molecular flexibility index (Phi) is 7.42. The van der Waals surface area contributed by atoms with Gasteiger partial charge < -0.3 is 14.7 Å².